The minimum Gasteiger partial charge on any atom is -0.480 e. The zero-order valence-corrected chi connectivity index (χ0v) is 34.7. The van der Waals surface area contributed by atoms with Crippen molar-refractivity contribution in [1.82, 2.24) is 39.5 Å². The van der Waals surface area contributed by atoms with E-state index in [2.05, 4.69) is 58.8 Å². The fourth-order valence-corrected chi connectivity index (χ4v) is 9.57. The molecule has 19 heteroatoms. The van der Waals surface area contributed by atoms with E-state index in [1.807, 2.05) is 11.7 Å². The zero-order valence-electron chi connectivity index (χ0n) is 34.0. The predicted molar refractivity (Wildman–Crippen MR) is 227 cm³/mol. The van der Waals surface area contributed by atoms with Gasteiger partial charge in [-0.15, -0.1) is 0 Å². The van der Waals surface area contributed by atoms with Crippen LogP contribution in [0.5, 0.6) is 5.75 Å². The number of piperidine rings is 2. The summed E-state index contributed by atoms with van der Waals surface area (Å²) in [5.41, 5.74) is 3.35. The lowest BCUT2D eigenvalue weighted by Crippen LogP contribution is -2.49. The van der Waals surface area contributed by atoms with E-state index in [9.17, 15) is 14.4 Å². The fourth-order valence-electron chi connectivity index (χ4n) is 9.43. The molecule has 0 bridgehead atoms. The summed E-state index contributed by atoms with van der Waals surface area (Å²) in [4.78, 5) is 58.5. The number of imide groups is 1. The van der Waals surface area contributed by atoms with Crippen molar-refractivity contribution in [3.8, 4) is 5.75 Å². The van der Waals surface area contributed by atoms with Gasteiger partial charge in [0, 0.05) is 82.8 Å². The van der Waals surface area contributed by atoms with Crippen LogP contribution in [-0.4, -0.2) is 110 Å². The highest BCUT2D eigenvalue weighted by molar-refractivity contribution is 6.33. The van der Waals surface area contributed by atoms with Gasteiger partial charge < -0.3 is 25.2 Å². The molecule has 5 aliphatic rings. The number of anilines is 5. The number of pyridine rings is 2. The molecule has 3 N–H and O–H groups in total. The summed E-state index contributed by atoms with van der Waals surface area (Å²) in [7, 11) is 3.44. The van der Waals surface area contributed by atoms with Crippen molar-refractivity contribution in [2.45, 2.75) is 56.4 Å². The molecule has 3 saturated heterocycles. The van der Waals surface area contributed by atoms with Gasteiger partial charge in [-0.1, -0.05) is 11.6 Å². The molecular formula is C42H47ClF2N12O4. The molecule has 2 amide bonds. The number of carbonyl (C=O) groups excluding carboxylic acids is 2. The van der Waals surface area contributed by atoms with Gasteiger partial charge in [0.1, 0.15) is 10.7 Å². The molecule has 0 radical (unpaired) electrons. The van der Waals surface area contributed by atoms with E-state index in [0.29, 0.717) is 65.1 Å². The average molecular weight is 857 g/mol. The van der Waals surface area contributed by atoms with Crippen molar-refractivity contribution in [3.05, 3.63) is 57.7 Å². The van der Waals surface area contributed by atoms with Gasteiger partial charge in [-0.3, -0.25) is 33.8 Å². The van der Waals surface area contributed by atoms with Crippen LogP contribution in [-0.2, 0) is 23.7 Å². The summed E-state index contributed by atoms with van der Waals surface area (Å²) >= 11 is 6.61. The van der Waals surface area contributed by atoms with Gasteiger partial charge >= 0.3 is 5.92 Å². The van der Waals surface area contributed by atoms with Gasteiger partial charge in [0.2, 0.25) is 23.5 Å². The molecule has 16 nitrogen and oxygen atoms in total. The second kappa shape index (κ2) is 15.4. The normalized spacial score (nSPS) is 22.4. The molecule has 1 saturated carbocycles. The third kappa shape index (κ3) is 7.46. The van der Waals surface area contributed by atoms with Crippen molar-refractivity contribution in [2.24, 2.45) is 25.9 Å². The van der Waals surface area contributed by atoms with Crippen LogP contribution in [0.15, 0.2) is 41.5 Å². The second-order valence-corrected chi connectivity index (χ2v) is 17.5. The Kier molecular flexibility index (Phi) is 9.96. The highest BCUT2D eigenvalue weighted by atomic mass is 35.5. The Morgan fingerprint density at radius 3 is 2.48 bits per heavy atom. The number of nitrogens with one attached hydrogen (secondary N) is 3. The number of benzene rings is 1. The SMILES string of the molecule is Cn1nc(C2CCC(=O)NC2=O)c2ccc(N3CCN(CC4CCN(c5ncc(Cl)c(Nc6cnc7c(c6)c6c(c(=O)n7C)OCC(F)(F)C(C7CC7)N6)n5)CC4)CC3)cc21. The monoisotopic (exact) mass is 856 g/mol. The Bertz CT molecular complexity index is 2620. The number of hydrogen-bond acceptors (Lipinski definition) is 13. The van der Waals surface area contributed by atoms with Crippen LogP contribution < -0.4 is 36.0 Å². The quantitative estimate of drug-likeness (QED) is 0.183. The van der Waals surface area contributed by atoms with E-state index in [0.717, 1.165) is 80.9 Å². The maximum absolute atomic E-state index is 15.1. The fraction of sp³-hybridized carbons (Fsp3) is 0.500. The largest absolute Gasteiger partial charge is 0.480 e. The van der Waals surface area contributed by atoms with E-state index in [1.54, 1.807) is 25.5 Å². The van der Waals surface area contributed by atoms with Crippen LogP contribution >= 0.6 is 11.6 Å². The molecule has 5 aromatic rings. The molecule has 4 aromatic heterocycles. The van der Waals surface area contributed by atoms with Crippen molar-refractivity contribution >= 4 is 74.2 Å². The van der Waals surface area contributed by atoms with Gasteiger partial charge in [0.25, 0.3) is 5.56 Å². The molecule has 320 valence electrons. The highest BCUT2D eigenvalue weighted by Crippen LogP contribution is 2.45. The number of aromatic nitrogens is 6. The lowest BCUT2D eigenvalue weighted by Gasteiger charge is -2.39. The third-order valence-electron chi connectivity index (χ3n) is 13.0. The van der Waals surface area contributed by atoms with E-state index < -0.39 is 30.0 Å². The van der Waals surface area contributed by atoms with E-state index >= 15 is 8.78 Å². The first-order valence-corrected chi connectivity index (χ1v) is 21.4. The predicted octanol–water partition coefficient (Wildman–Crippen LogP) is 4.78. The van der Waals surface area contributed by atoms with Gasteiger partial charge in [0.05, 0.1) is 46.9 Å². The van der Waals surface area contributed by atoms with Crippen LogP contribution in [0, 0.1) is 11.8 Å². The van der Waals surface area contributed by atoms with E-state index in [1.165, 1.54) is 4.57 Å². The summed E-state index contributed by atoms with van der Waals surface area (Å²) in [5.74, 6) is -2.95. The molecule has 4 aliphatic heterocycles. The Morgan fingerprint density at radius 1 is 0.934 bits per heavy atom. The summed E-state index contributed by atoms with van der Waals surface area (Å²) in [6.45, 7) is 5.48. The molecule has 2 atom stereocenters. The maximum atomic E-state index is 15.1. The van der Waals surface area contributed by atoms with Crippen LogP contribution in [0.25, 0.3) is 21.9 Å². The van der Waals surface area contributed by atoms with Crippen LogP contribution in [0.4, 0.5) is 37.6 Å². The second-order valence-electron chi connectivity index (χ2n) is 17.1. The Balaban J connectivity index is 0.763. The Hall–Kier alpha value is -5.62. The molecule has 4 fully saturated rings. The van der Waals surface area contributed by atoms with Crippen LogP contribution in [0.2, 0.25) is 5.02 Å². The first kappa shape index (κ1) is 39.5. The molecule has 10 rings (SSSR count). The lowest BCUT2D eigenvalue weighted by atomic mass is 9.93. The zero-order chi connectivity index (χ0) is 42.2. The number of amides is 2. The number of carbonyl (C=O) groups is 2. The minimum absolute atomic E-state index is 0.145. The number of piperazine rings is 1. The number of rotatable bonds is 8. The van der Waals surface area contributed by atoms with Gasteiger partial charge in [-0.05, 0) is 68.2 Å². The Labute approximate surface area is 354 Å². The summed E-state index contributed by atoms with van der Waals surface area (Å²) in [6, 6.07) is 6.92. The minimum atomic E-state index is -3.15. The van der Waals surface area contributed by atoms with E-state index in [4.69, 9.17) is 26.4 Å². The molecule has 2 unspecified atom stereocenters. The highest BCUT2D eigenvalue weighted by Gasteiger charge is 2.51. The lowest BCUT2D eigenvalue weighted by molar-refractivity contribution is -0.134. The maximum Gasteiger partial charge on any atom is 0.301 e. The molecule has 8 heterocycles. The number of halogens is 3. The number of aryl methyl sites for hydroxylation is 2. The number of fused-ring (bicyclic) bond motifs is 4. The van der Waals surface area contributed by atoms with Crippen LogP contribution in [0.1, 0.15) is 50.1 Å². The summed E-state index contributed by atoms with van der Waals surface area (Å²) in [5, 5.41) is 15.1. The smallest absolute Gasteiger partial charge is 0.301 e. The standard InChI is InChI=1S/C42H47ClF2N12O4/c1-53-38-29(34-35(40(53)60)61-22-42(44,45)36(50-34)24-3-4-24)17-25(19-46-38)48-37-30(43)20-47-41(51-37)57-11-9-23(10-12-57)21-55-13-15-56(16-14-55)26-5-6-27-31(18-26)54(2)52-33(27)28-7-8-32(58)49-39(28)59/h5-6,17-20,23-24,28,36,50H,3-4,7-16,21-22H2,1-2H3,(H,47,48,51)(H,49,58,59). The van der Waals surface area contributed by atoms with Gasteiger partial charge in [0.15, 0.2) is 12.4 Å². The van der Waals surface area contributed by atoms with Gasteiger partial charge in [-0.2, -0.15) is 10.1 Å². The molecule has 1 aliphatic carbocycles. The molecule has 61 heavy (non-hydrogen) atoms. The summed E-state index contributed by atoms with van der Waals surface area (Å²) < 4.78 is 38.9. The first-order valence-electron chi connectivity index (χ1n) is 21.0. The Morgan fingerprint density at radius 2 is 1.72 bits per heavy atom. The van der Waals surface area contributed by atoms with Gasteiger partial charge in [-0.25, -0.2) is 18.7 Å². The third-order valence-corrected chi connectivity index (χ3v) is 13.3. The van der Waals surface area contributed by atoms with Crippen molar-refractivity contribution in [1.29, 1.82) is 0 Å². The summed E-state index contributed by atoms with van der Waals surface area (Å²) in [6.07, 6.45) is 7.29. The number of hydrogen-bond donors (Lipinski definition) is 3. The average Bonchev–Trinajstić information content (AvgIpc) is 4.06. The van der Waals surface area contributed by atoms with Crippen molar-refractivity contribution < 1.29 is 23.1 Å². The first-order chi connectivity index (χ1) is 29.4. The van der Waals surface area contributed by atoms with Crippen molar-refractivity contribution in [2.75, 3.05) is 72.9 Å². The van der Waals surface area contributed by atoms with Crippen molar-refractivity contribution in [3.63, 3.8) is 0 Å². The topological polar surface area (TPSA) is 168 Å². The number of nitrogens with zero attached hydrogens (tertiary/aromatic N) is 9. The molecular weight excluding hydrogens is 810 g/mol. The van der Waals surface area contributed by atoms with Crippen LogP contribution in [0.3, 0.4) is 0 Å². The number of ether oxygens (including phenoxy) is 1. The number of alkyl halides is 2. The molecule has 1 aromatic carbocycles. The molecule has 0 spiro atoms. The van der Waals surface area contributed by atoms with E-state index in [-0.39, 0.29) is 29.2 Å².